The summed E-state index contributed by atoms with van der Waals surface area (Å²) in [5, 5.41) is 0.452. The van der Waals surface area contributed by atoms with E-state index < -0.39 is 5.92 Å². The summed E-state index contributed by atoms with van der Waals surface area (Å²) in [7, 11) is 0. The first-order chi connectivity index (χ1) is 6.07. The second-order valence-electron chi connectivity index (χ2n) is 3.11. The molecule has 13 heavy (non-hydrogen) atoms. The van der Waals surface area contributed by atoms with Gasteiger partial charge in [0.25, 0.3) is 5.92 Å². The third-order valence-electron chi connectivity index (χ3n) is 1.96. The number of nitrogens with zero attached hydrogens (tertiary/aromatic N) is 1. The number of anilines is 1. The highest BCUT2D eigenvalue weighted by Crippen LogP contribution is 2.32. The van der Waals surface area contributed by atoms with Gasteiger partial charge in [0, 0.05) is 11.8 Å². The lowest BCUT2D eigenvalue weighted by molar-refractivity contribution is -0.0262. The van der Waals surface area contributed by atoms with E-state index in [2.05, 4.69) is 6.07 Å². The second kappa shape index (κ2) is 2.84. The lowest BCUT2D eigenvalue weighted by atomic mass is 10.1. The van der Waals surface area contributed by atoms with Crippen molar-refractivity contribution in [3.05, 3.63) is 29.3 Å². The molecule has 69 valence electrons. The highest BCUT2D eigenvalue weighted by Gasteiger charge is 2.43. The molecule has 1 aromatic carbocycles. The van der Waals surface area contributed by atoms with Crippen LogP contribution < -0.4 is 4.90 Å². The van der Waals surface area contributed by atoms with E-state index in [1.165, 1.54) is 0 Å². The van der Waals surface area contributed by atoms with E-state index in [9.17, 15) is 8.78 Å². The van der Waals surface area contributed by atoms with Gasteiger partial charge in [0.05, 0.1) is 18.1 Å². The van der Waals surface area contributed by atoms with E-state index in [-0.39, 0.29) is 13.1 Å². The minimum Gasteiger partial charge on any atom is -0.359 e. The molecule has 0 amide bonds. The molecule has 4 heteroatoms. The third-order valence-corrected chi connectivity index (χ3v) is 2.18. The Morgan fingerprint density at radius 1 is 1.46 bits per heavy atom. The molecule has 1 nitrogen and oxygen atoms in total. The highest BCUT2D eigenvalue weighted by atomic mass is 35.5. The molecule has 1 fully saturated rings. The smallest absolute Gasteiger partial charge is 0.282 e. The Hall–Kier alpha value is -0.830. The van der Waals surface area contributed by atoms with E-state index in [1.54, 1.807) is 23.1 Å². The number of alkyl halides is 2. The predicted octanol–water partition coefficient (Wildman–Crippen LogP) is 2.60. The number of hydrogen-bond donors (Lipinski definition) is 0. The maximum absolute atomic E-state index is 12.5. The summed E-state index contributed by atoms with van der Waals surface area (Å²) in [6.45, 7) is -0.430. The quantitative estimate of drug-likeness (QED) is 0.677. The normalized spacial score (nSPS) is 19.8. The molecule has 1 heterocycles. The van der Waals surface area contributed by atoms with Crippen LogP contribution in [0.3, 0.4) is 0 Å². The zero-order valence-electron chi connectivity index (χ0n) is 6.73. The summed E-state index contributed by atoms with van der Waals surface area (Å²) in [4.78, 5) is 1.58. The first-order valence-corrected chi connectivity index (χ1v) is 4.25. The average molecular weight is 203 g/mol. The van der Waals surface area contributed by atoms with Crippen LogP contribution in [0.1, 0.15) is 0 Å². The lowest BCUT2D eigenvalue weighted by Gasteiger charge is -2.40. The van der Waals surface area contributed by atoms with E-state index in [0.717, 1.165) is 5.69 Å². The first-order valence-electron chi connectivity index (χ1n) is 3.87. The molecule has 2 rings (SSSR count). The van der Waals surface area contributed by atoms with E-state index in [1.807, 2.05) is 0 Å². The van der Waals surface area contributed by atoms with Gasteiger partial charge < -0.3 is 4.90 Å². The molecule has 0 spiro atoms. The van der Waals surface area contributed by atoms with Gasteiger partial charge in [-0.2, -0.15) is 0 Å². The fourth-order valence-corrected chi connectivity index (χ4v) is 1.49. The molecule has 1 aromatic rings. The fourth-order valence-electron chi connectivity index (χ4n) is 1.32. The van der Waals surface area contributed by atoms with Crippen molar-refractivity contribution in [2.24, 2.45) is 0 Å². The molecule has 0 bridgehead atoms. The van der Waals surface area contributed by atoms with Crippen molar-refractivity contribution in [3.8, 4) is 0 Å². The topological polar surface area (TPSA) is 3.24 Å². The van der Waals surface area contributed by atoms with Gasteiger partial charge in [-0.25, -0.2) is 8.78 Å². The molecular weight excluding hydrogens is 196 g/mol. The minimum atomic E-state index is -2.54. The summed E-state index contributed by atoms with van der Waals surface area (Å²) in [6, 6.07) is 7.74. The Kier molecular flexibility index (Phi) is 1.91. The molecule has 0 aliphatic carbocycles. The molecule has 0 atom stereocenters. The molecule has 0 N–H and O–H groups in total. The number of halogens is 3. The Bertz CT molecular complexity index is 319. The zero-order chi connectivity index (χ0) is 9.47. The Morgan fingerprint density at radius 2 is 2.15 bits per heavy atom. The fraction of sp³-hybridized carbons (Fsp3) is 0.333. The molecule has 0 saturated carbocycles. The van der Waals surface area contributed by atoms with E-state index in [4.69, 9.17) is 11.6 Å². The van der Waals surface area contributed by atoms with Crippen molar-refractivity contribution >= 4 is 17.3 Å². The molecule has 1 aliphatic rings. The van der Waals surface area contributed by atoms with Gasteiger partial charge in [-0.3, -0.25) is 0 Å². The minimum absolute atomic E-state index is 0.215. The van der Waals surface area contributed by atoms with Crippen molar-refractivity contribution in [1.29, 1.82) is 0 Å². The summed E-state index contributed by atoms with van der Waals surface area (Å²) in [5.74, 6) is -2.54. The van der Waals surface area contributed by atoms with Crippen molar-refractivity contribution in [2.45, 2.75) is 5.92 Å². The molecule has 1 saturated heterocycles. The SMILES string of the molecule is FC1(F)CN(c2cc[c]c(Cl)c2)C1. The van der Waals surface area contributed by atoms with Crippen LogP contribution in [0.15, 0.2) is 18.2 Å². The number of benzene rings is 1. The van der Waals surface area contributed by atoms with Gasteiger partial charge in [-0.1, -0.05) is 17.7 Å². The van der Waals surface area contributed by atoms with E-state index >= 15 is 0 Å². The molecule has 0 unspecified atom stereocenters. The predicted molar refractivity (Wildman–Crippen MR) is 47.4 cm³/mol. The number of hydrogen-bond acceptors (Lipinski definition) is 1. The van der Waals surface area contributed by atoms with Crippen LogP contribution in [0.5, 0.6) is 0 Å². The van der Waals surface area contributed by atoms with Gasteiger partial charge in [-0.15, -0.1) is 0 Å². The second-order valence-corrected chi connectivity index (χ2v) is 3.51. The zero-order valence-corrected chi connectivity index (χ0v) is 7.48. The first kappa shape index (κ1) is 8.75. The third kappa shape index (κ3) is 1.75. The molecular formula is C9H7ClF2N. The average Bonchev–Trinajstić information content (AvgIpc) is 2.00. The Labute approximate surface area is 79.9 Å². The van der Waals surface area contributed by atoms with Crippen molar-refractivity contribution in [2.75, 3.05) is 18.0 Å². The van der Waals surface area contributed by atoms with Crippen LogP contribution in [-0.2, 0) is 0 Å². The van der Waals surface area contributed by atoms with Gasteiger partial charge in [-0.05, 0) is 12.1 Å². The van der Waals surface area contributed by atoms with Crippen LogP contribution in [0.25, 0.3) is 0 Å². The maximum atomic E-state index is 12.5. The van der Waals surface area contributed by atoms with Crippen molar-refractivity contribution in [1.82, 2.24) is 0 Å². The highest BCUT2D eigenvalue weighted by molar-refractivity contribution is 6.30. The van der Waals surface area contributed by atoms with Crippen molar-refractivity contribution < 1.29 is 8.78 Å². The molecule has 1 radical (unpaired) electrons. The summed E-state index contributed by atoms with van der Waals surface area (Å²) in [5.41, 5.74) is 0.731. The summed E-state index contributed by atoms with van der Waals surface area (Å²) < 4.78 is 25.0. The Balaban J connectivity index is 2.11. The lowest BCUT2D eigenvalue weighted by Crippen LogP contribution is -2.56. The van der Waals surface area contributed by atoms with Crippen LogP contribution >= 0.6 is 11.6 Å². The Morgan fingerprint density at radius 3 is 2.69 bits per heavy atom. The largest absolute Gasteiger partial charge is 0.359 e. The number of rotatable bonds is 1. The van der Waals surface area contributed by atoms with Crippen molar-refractivity contribution in [3.63, 3.8) is 0 Å². The van der Waals surface area contributed by atoms with E-state index in [0.29, 0.717) is 5.02 Å². The van der Waals surface area contributed by atoms with Gasteiger partial charge in [0.1, 0.15) is 0 Å². The summed E-state index contributed by atoms with van der Waals surface area (Å²) >= 11 is 5.67. The van der Waals surface area contributed by atoms with Gasteiger partial charge >= 0.3 is 0 Å². The molecule has 1 aliphatic heterocycles. The molecule has 0 aromatic heterocycles. The van der Waals surface area contributed by atoms with Crippen LogP contribution in [-0.4, -0.2) is 19.0 Å². The maximum Gasteiger partial charge on any atom is 0.282 e. The summed E-state index contributed by atoms with van der Waals surface area (Å²) in [6.07, 6.45) is 0. The standard InChI is InChI=1S/C9H7ClF2N/c10-7-2-1-3-8(4-7)13-5-9(11,12)6-13/h1,3-4H,5-6H2. The monoisotopic (exact) mass is 202 g/mol. The van der Waals surface area contributed by atoms with Crippen LogP contribution in [0, 0.1) is 6.07 Å². The van der Waals surface area contributed by atoms with Gasteiger partial charge in [0.2, 0.25) is 0 Å². The van der Waals surface area contributed by atoms with Gasteiger partial charge in [0.15, 0.2) is 0 Å². The van der Waals surface area contributed by atoms with Crippen LogP contribution in [0.2, 0.25) is 5.02 Å². The van der Waals surface area contributed by atoms with Crippen LogP contribution in [0.4, 0.5) is 14.5 Å².